The van der Waals surface area contributed by atoms with E-state index in [4.69, 9.17) is 0 Å². The van der Waals surface area contributed by atoms with Crippen LogP contribution in [0, 0.1) is 0 Å². The maximum atomic E-state index is 12.1. The van der Waals surface area contributed by atoms with Crippen molar-refractivity contribution < 1.29 is 0 Å². The summed E-state index contributed by atoms with van der Waals surface area (Å²) in [6.45, 7) is 0.529. The van der Waals surface area contributed by atoms with Gasteiger partial charge in [-0.15, -0.1) is 0 Å². The van der Waals surface area contributed by atoms with Gasteiger partial charge in [0.1, 0.15) is 0 Å². The lowest BCUT2D eigenvalue weighted by molar-refractivity contribution is 0.760. The average molecular weight is 302 g/mol. The molecule has 0 radical (unpaired) electrons. The Morgan fingerprint density at radius 1 is 1.00 bits per heavy atom. The van der Waals surface area contributed by atoms with E-state index in [2.05, 4.69) is 15.2 Å². The number of fused-ring (bicyclic) bond motifs is 1. The van der Waals surface area contributed by atoms with Crippen molar-refractivity contribution in [2.24, 2.45) is 0 Å². The Labute approximate surface area is 132 Å². The van der Waals surface area contributed by atoms with E-state index in [0.717, 1.165) is 27.6 Å². The zero-order valence-electron chi connectivity index (χ0n) is 12.3. The van der Waals surface area contributed by atoms with Crippen molar-refractivity contribution in [3.8, 4) is 11.1 Å². The predicted octanol–water partition coefficient (Wildman–Crippen LogP) is 2.83. The van der Waals surface area contributed by atoms with E-state index in [1.54, 1.807) is 29.2 Å². The number of aromatic amines is 1. The van der Waals surface area contributed by atoms with Gasteiger partial charge in [0.25, 0.3) is 5.56 Å². The first kappa shape index (κ1) is 13.5. The number of nitrogens with zero attached hydrogens (tertiary/aromatic N) is 3. The van der Waals surface area contributed by atoms with Crippen LogP contribution in [-0.4, -0.2) is 19.7 Å². The molecule has 5 heteroatoms. The number of H-pyrrole nitrogens is 1. The van der Waals surface area contributed by atoms with Gasteiger partial charge in [-0.2, -0.15) is 5.10 Å². The molecule has 0 aliphatic heterocycles. The highest BCUT2D eigenvalue weighted by atomic mass is 16.1. The second-order valence-electron chi connectivity index (χ2n) is 5.41. The molecule has 1 N–H and O–H groups in total. The smallest absolute Gasteiger partial charge is 0.250 e. The summed E-state index contributed by atoms with van der Waals surface area (Å²) >= 11 is 0. The molecule has 0 aliphatic rings. The van der Waals surface area contributed by atoms with Gasteiger partial charge in [0.05, 0.1) is 18.3 Å². The molecule has 0 fully saturated rings. The minimum absolute atomic E-state index is 0.0202. The van der Waals surface area contributed by atoms with Crippen molar-refractivity contribution in [2.45, 2.75) is 6.54 Å². The quantitative estimate of drug-likeness (QED) is 0.633. The fourth-order valence-electron chi connectivity index (χ4n) is 2.63. The molecule has 0 aliphatic carbocycles. The Kier molecular flexibility index (Phi) is 3.24. The lowest BCUT2D eigenvalue weighted by Gasteiger charge is -2.09. The van der Waals surface area contributed by atoms with Crippen LogP contribution in [0.5, 0.6) is 0 Å². The van der Waals surface area contributed by atoms with Gasteiger partial charge in [-0.3, -0.25) is 14.9 Å². The molecule has 4 aromatic rings. The van der Waals surface area contributed by atoms with Crippen molar-refractivity contribution in [3.05, 3.63) is 83.2 Å². The Morgan fingerprint density at radius 2 is 1.83 bits per heavy atom. The maximum Gasteiger partial charge on any atom is 0.250 e. The minimum Gasteiger partial charge on any atom is -0.310 e. The largest absolute Gasteiger partial charge is 0.310 e. The first-order valence-corrected chi connectivity index (χ1v) is 7.32. The van der Waals surface area contributed by atoms with Crippen molar-refractivity contribution in [3.63, 3.8) is 0 Å². The molecule has 0 saturated heterocycles. The summed E-state index contributed by atoms with van der Waals surface area (Å²) in [5, 5.41) is 8.08. The van der Waals surface area contributed by atoms with Crippen molar-refractivity contribution in [1.82, 2.24) is 19.7 Å². The molecule has 0 spiro atoms. The molecule has 3 aromatic heterocycles. The van der Waals surface area contributed by atoms with Crippen LogP contribution < -0.4 is 5.56 Å². The van der Waals surface area contributed by atoms with E-state index in [1.165, 1.54) is 0 Å². The number of hydrogen-bond acceptors (Lipinski definition) is 3. The van der Waals surface area contributed by atoms with Gasteiger partial charge >= 0.3 is 0 Å². The van der Waals surface area contributed by atoms with Crippen molar-refractivity contribution in [2.75, 3.05) is 0 Å². The van der Waals surface area contributed by atoms with Crippen molar-refractivity contribution in [1.29, 1.82) is 0 Å². The van der Waals surface area contributed by atoms with Gasteiger partial charge in [0.15, 0.2) is 0 Å². The Morgan fingerprint density at radius 3 is 2.70 bits per heavy atom. The fourth-order valence-corrected chi connectivity index (χ4v) is 2.63. The summed E-state index contributed by atoms with van der Waals surface area (Å²) in [6.07, 6.45) is 7.15. The molecule has 0 unspecified atom stereocenters. The third-order valence-corrected chi connectivity index (χ3v) is 3.86. The molecule has 0 amide bonds. The van der Waals surface area contributed by atoms with E-state index in [1.807, 2.05) is 42.6 Å². The molecular weight excluding hydrogens is 288 g/mol. The highest BCUT2D eigenvalue weighted by molar-refractivity contribution is 5.83. The molecule has 5 nitrogen and oxygen atoms in total. The summed E-state index contributed by atoms with van der Waals surface area (Å²) in [6, 6.07) is 13.4. The zero-order valence-corrected chi connectivity index (χ0v) is 12.3. The van der Waals surface area contributed by atoms with E-state index < -0.39 is 0 Å². The van der Waals surface area contributed by atoms with Gasteiger partial charge in [-0.1, -0.05) is 12.1 Å². The summed E-state index contributed by atoms with van der Waals surface area (Å²) < 4.78 is 1.71. The third-order valence-electron chi connectivity index (χ3n) is 3.86. The lowest BCUT2D eigenvalue weighted by atomic mass is 10.1. The molecule has 112 valence electrons. The number of nitrogens with one attached hydrogen (secondary N) is 1. The third kappa shape index (κ3) is 2.64. The van der Waals surface area contributed by atoms with Crippen LogP contribution in [0.4, 0.5) is 0 Å². The first-order chi connectivity index (χ1) is 11.3. The lowest BCUT2D eigenvalue weighted by Crippen LogP contribution is -2.19. The fraction of sp³-hybridized carbons (Fsp3) is 0.0556. The molecule has 0 saturated carbocycles. The van der Waals surface area contributed by atoms with E-state index in [9.17, 15) is 4.79 Å². The van der Waals surface area contributed by atoms with Crippen LogP contribution in [0.25, 0.3) is 22.0 Å². The molecule has 23 heavy (non-hydrogen) atoms. The molecule has 4 rings (SSSR count). The number of benzene rings is 1. The van der Waals surface area contributed by atoms with Gasteiger partial charge in [0.2, 0.25) is 0 Å². The summed E-state index contributed by atoms with van der Waals surface area (Å²) in [7, 11) is 0. The van der Waals surface area contributed by atoms with Crippen LogP contribution in [0.3, 0.4) is 0 Å². The van der Waals surface area contributed by atoms with E-state index >= 15 is 0 Å². The number of hydrogen-bond donors (Lipinski definition) is 1. The summed E-state index contributed by atoms with van der Waals surface area (Å²) in [4.78, 5) is 16.1. The summed E-state index contributed by atoms with van der Waals surface area (Å²) in [5.74, 6) is 0. The standard InChI is InChI=1S/C18H14N4O/c23-18-4-3-16(12-22(18)11-13-5-7-19-8-6-13)14-1-2-15-10-20-21-17(15)9-14/h1-10,12H,11H2,(H,20,21). The van der Waals surface area contributed by atoms with Crippen LogP contribution in [0.1, 0.15) is 5.56 Å². The van der Waals surface area contributed by atoms with Gasteiger partial charge in [-0.05, 0) is 41.0 Å². The maximum absolute atomic E-state index is 12.1. The highest BCUT2D eigenvalue weighted by Crippen LogP contribution is 2.22. The molecule has 0 atom stereocenters. The minimum atomic E-state index is -0.0202. The molecule has 1 aromatic carbocycles. The van der Waals surface area contributed by atoms with Crippen molar-refractivity contribution >= 4 is 10.9 Å². The molecule has 0 bridgehead atoms. The highest BCUT2D eigenvalue weighted by Gasteiger charge is 2.04. The average Bonchev–Trinajstić information content (AvgIpc) is 3.05. The van der Waals surface area contributed by atoms with Crippen LogP contribution in [-0.2, 0) is 6.54 Å². The zero-order chi connectivity index (χ0) is 15.6. The monoisotopic (exact) mass is 302 g/mol. The number of pyridine rings is 2. The first-order valence-electron chi connectivity index (χ1n) is 7.32. The molecular formula is C18H14N4O. The molecule has 3 heterocycles. The number of aromatic nitrogens is 4. The summed E-state index contributed by atoms with van der Waals surface area (Å²) in [5.41, 5.74) is 4.05. The van der Waals surface area contributed by atoms with Crippen LogP contribution in [0.15, 0.2) is 72.0 Å². The second kappa shape index (κ2) is 5.53. The Balaban J connectivity index is 1.75. The van der Waals surface area contributed by atoms with Gasteiger partial charge in [0, 0.05) is 30.0 Å². The van der Waals surface area contributed by atoms with E-state index in [-0.39, 0.29) is 5.56 Å². The van der Waals surface area contributed by atoms with Crippen LogP contribution in [0.2, 0.25) is 0 Å². The Hall–Kier alpha value is -3.21. The van der Waals surface area contributed by atoms with E-state index in [0.29, 0.717) is 6.54 Å². The Bertz CT molecular complexity index is 1020. The van der Waals surface area contributed by atoms with Gasteiger partial charge < -0.3 is 4.57 Å². The topological polar surface area (TPSA) is 63.6 Å². The number of rotatable bonds is 3. The predicted molar refractivity (Wildman–Crippen MR) is 89.1 cm³/mol. The normalized spacial score (nSPS) is 11.0. The van der Waals surface area contributed by atoms with Crippen LogP contribution >= 0.6 is 0 Å². The second-order valence-corrected chi connectivity index (χ2v) is 5.41. The SMILES string of the molecule is O=c1ccc(-c2ccc3cn[nH]c3c2)cn1Cc1ccncc1. The van der Waals surface area contributed by atoms with Gasteiger partial charge in [-0.25, -0.2) is 0 Å².